The molecule has 0 aliphatic carbocycles. The molecule has 0 N–H and O–H groups in total. The first-order valence-electron chi connectivity index (χ1n) is 8.28. The van der Waals surface area contributed by atoms with Crippen molar-refractivity contribution in [2.24, 2.45) is 5.92 Å². The fourth-order valence-electron chi connectivity index (χ4n) is 3.58. The Hall–Kier alpha value is -2.34. The van der Waals surface area contributed by atoms with Crippen LogP contribution in [0.15, 0.2) is 42.7 Å². The van der Waals surface area contributed by atoms with Gasteiger partial charge in [0.05, 0.1) is 0 Å². The minimum Gasteiger partial charge on any atom is -0.341 e. The average Bonchev–Trinajstić information content (AvgIpc) is 2.97. The van der Waals surface area contributed by atoms with Gasteiger partial charge in [0, 0.05) is 37.6 Å². The number of halogens is 2. The van der Waals surface area contributed by atoms with Crippen LogP contribution >= 0.6 is 0 Å². The zero-order chi connectivity index (χ0) is 18.0. The molecular formula is C19H21F2N3O. The van der Waals surface area contributed by atoms with Gasteiger partial charge in [-0.1, -0.05) is 6.07 Å². The molecule has 25 heavy (non-hydrogen) atoms. The summed E-state index contributed by atoms with van der Waals surface area (Å²) in [4.78, 5) is 20.6. The molecule has 2 atom stereocenters. The van der Waals surface area contributed by atoms with Crippen molar-refractivity contribution in [3.63, 3.8) is 0 Å². The van der Waals surface area contributed by atoms with Crippen LogP contribution in [0.5, 0.6) is 0 Å². The number of hydrogen-bond donors (Lipinski definition) is 0. The fourth-order valence-corrected chi connectivity index (χ4v) is 3.58. The van der Waals surface area contributed by atoms with Crippen molar-refractivity contribution in [2.75, 3.05) is 27.2 Å². The second-order valence-electron chi connectivity index (χ2n) is 6.58. The number of carbonyl (C=O) groups excluding carboxylic acids is 1. The maximum absolute atomic E-state index is 13.4. The Labute approximate surface area is 146 Å². The topological polar surface area (TPSA) is 36.4 Å². The second kappa shape index (κ2) is 7.27. The van der Waals surface area contributed by atoms with Gasteiger partial charge < -0.3 is 4.90 Å². The molecule has 1 aromatic heterocycles. The van der Waals surface area contributed by atoms with Crippen molar-refractivity contribution in [3.8, 4) is 0 Å². The van der Waals surface area contributed by atoms with Crippen molar-refractivity contribution in [3.05, 3.63) is 65.5 Å². The molecule has 1 amide bonds. The van der Waals surface area contributed by atoms with Crippen molar-refractivity contribution in [2.45, 2.75) is 12.5 Å². The average molecular weight is 345 g/mol. The standard InChI is InChI=1S/C19H21F2N3O/c1-23-9-7-15(18(23)14-4-3-8-22-11-14)12-24(2)19(25)13-5-6-16(20)17(21)10-13/h3-6,8,10-11,15,18H,7,9,12H2,1-2H3/t15-,18-/m0/s1. The first-order valence-corrected chi connectivity index (χ1v) is 8.28. The van der Waals surface area contributed by atoms with Gasteiger partial charge in [-0.2, -0.15) is 0 Å². The van der Waals surface area contributed by atoms with E-state index in [0.29, 0.717) is 6.54 Å². The van der Waals surface area contributed by atoms with E-state index < -0.39 is 11.6 Å². The third-order valence-electron chi connectivity index (χ3n) is 4.82. The van der Waals surface area contributed by atoms with Gasteiger partial charge in [0.2, 0.25) is 0 Å². The van der Waals surface area contributed by atoms with Crippen LogP contribution in [-0.2, 0) is 0 Å². The van der Waals surface area contributed by atoms with Gasteiger partial charge in [0.1, 0.15) is 0 Å². The Bertz CT molecular complexity index is 754. The summed E-state index contributed by atoms with van der Waals surface area (Å²) >= 11 is 0. The Balaban J connectivity index is 1.74. The first kappa shape index (κ1) is 17.5. The van der Waals surface area contributed by atoms with Gasteiger partial charge in [0.15, 0.2) is 11.6 Å². The smallest absolute Gasteiger partial charge is 0.253 e. The van der Waals surface area contributed by atoms with Crippen molar-refractivity contribution >= 4 is 5.91 Å². The summed E-state index contributed by atoms with van der Waals surface area (Å²) in [5.74, 6) is -2.01. The molecule has 1 aliphatic rings. The fraction of sp³-hybridized carbons (Fsp3) is 0.368. The zero-order valence-electron chi connectivity index (χ0n) is 14.3. The molecular weight excluding hydrogens is 324 g/mol. The van der Waals surface area contributed by atoms with Crippen LogP contribution in [0.3, 0.4) is 0 Å². The molecule has 1 aliphatic heterocycles. The molecule has 0 saturated carbocycles. The number of nitrogens with zero attached hydrogens (tertiary/aromatic N) is 3. The van der Waals surface area contributed by atoms with Crippen LogP contribution in [-0.4, -0.2) is 47.9 Å². The number of likely N-dealkylation sites (tertiary alicyclic amines) is 1. The minimum absolute atomic E-state index is 0.158. The van der Waals surface area contributed by atoms with E-state index in [1.807, 2.05) is 18.3 Å². The van der Waals surface area contributed by atoms with Gasteiger partial charge in [-0.3, -0.25) is 14.7 Å². The maximum atomic E-state index is 13.4. The van der Waals surface area contributed by atoms with E-state index >= 15 is 0 Å². The van der Waals surface area contributed by atoms with Crippen LogP contribution in [0.2, 0.25) is 0 Å². The lowest BCUT2D eigenvalue weighted by molar-refractivity contribution is 0.0760. The normalized spacial score (nSPS) is 20.6. The number of rotatable bonds is 4. The van der Waals surface area contributed by atoms with Crippen molar-refractivity contribution in [1.82, 2.24) is 14.8 Å². The van der Waals surface area contributed by atoms with Crippen LogP contribution in [0, 0.1) is 17.6 Å². The number of carbonyl (C=O) groups is 1. The predicted molar refractivity (Wildman–Crippen MR) is 91.0 cm³/mol. The van der Waals surface area contributed by atoms with E-state index in [2.05, 4.69) is 16.9 Å². The highest BCUT2D eigenvalue weighted by molar-refractivity contribution is 5.94. The summed E-state index contributed by atoms with van der Waals surface area (Å²) in [5, 5.41) is 0. The molecule has 1 saturated heterocycles. The zero-order valence-corrected chi connectivity index (χ0v) is 14.3. The maximum Gasteiger partial charge on any atom is 0.253 e. The van der Waals surface area contributed by atoms with Crippen LogP contribution in [0.4, 0.5) is 8.78 Å². The highest BCUT2D eigenvalue weighted by Crippen LogP contribution is 2.36. The number of benzene rings is 1. The second-order valence-corrected chi connectivity index (χ2v) is 6.58. The van der Waals surface area contributed by atoms with E-state index in [9.17, 15) is 13.6 Å². The summed E-state index contributed by atoms with van der Waals surface area (Å²) in [6.45, 7) is 1.49. The highest BCUT2D eigenvalue weighted by atomic mass is 19.2. The van der Waals surface area contributed by atoms with Crippen molar-refractivity contribution in [1.29, 1.82) is 0 Å². The molecule has 0 spiro atoms. The summed E-state index contributed by atoms with van der Waals surface area (Å²) in [5.41, 5.74) is 1.28. The number of aromatic nitrogens is 1. The molecule has 1 aromatic carbocycles. The van der Waals surface area contributed by atoms with Crippen LogP contribution in [0.25, 0.3) is 0 Å². The summed E-state index contributed by atoms with van der Waals surface area (Å²) in [7, 11) is 3.76. The lowest BCUT2D eigenvalue weighted by Crippen LogP contribution is -2.34. The van der Waals surface area contributed by atoms with Gasteiger partial charge >= 0.3 is 0 Å². The van der Waals surface area contributed by atoms with Gasteiger partial charge in [-0.15, -0.1) is 0 Å². The molecule has 0 bridgehead atoms. The lowest BCUT2D eigenvalue weighted by atomic mass is 9.94. The monoisotopic (exact) mass is 345 g/mol. The molecule has 0 unspecified atom stereocenters. The minimum atomic E-state index is -1.01. The molecule has 4 nitrogen and oxygen atoms in total. The van der Waals surface area contributed by atoms with Gasteiger partial charge in [-0.05, 0) is 55.8 Å². The Kier molecular flexibility index (Phi) is 5.08. The van der Waals surface area contributed by atoms with E-state index in [4.69, 9.17) is 0 Å². The van der Waals surface area contributed by atoms with Crippen LogP contribution in [0.1, 0.15) is 28.4 Å². The quantitative estimate of drug-likeness (QED) is 0.854. The number of hydrogen-bond acceptors (Lipinski definition) is 3. The van der Waals surface area contributed by atoms with E-state index in [0.717, 1.165) is 30.7 Å². The Morgan fingerprint density at radius 3 is 2.80 bits per heavy atom. The van der Waals surface area contributed by atoms with E-state index in [1.165, 1.54) is 6.07 Å². The van der Waals surface area contributed by atoms with E-state index in [1.54, 1.807) is 18.1 Å². The molecule has 0 radical (unpaired) electrons. The predicted octanol–water partition coefficient (Wildman–Crippen LogP) is 3.12. The third-order valence-corrected chi connectivity index (χ3v) is 4.82. The summed E-state index contributed by atoms with van der Waals surface area (Å²) in [6.07, 6.45) is 4.56. The Morgan fingerprint density at radius 2 is 2.12 bits per heavy atom. The van der Waals surface area contributed by atoms with Gasteiger partial charge in [0.25, 0.3) is 5.91 Å². The Morgan fingerprint density at radius 1 is 1.32 bits per heavy atom. The lowest BCUT2D eigenvalue weighted by Gasteiger charge is -2.28. The molecule has 132 valence electrons. The van der Waals surface area contributed by atoms with Crippen molar-refractivity contribution < 1.29 is 13.6 Å². The van der Waals surface area contributed by atoms with Crippen LogP contribution < -0.4 is 0 Å². The molecule has 3 rings (SSSR count). The molecule has 6 heteroatoms. The number of amides is 1. The first-order chi connectivity index (χ1) is 12.0. The molecule has 1 fully saturated rings. The molecule has 2 aromatic rings. The molecule has 2 heterocycles. The van der Waals surface area contributed by atoms with Gasteiger partial charge in [-0.25, -0.2) is 8.78 Å². The number of pyridine rings is 1. The van der Waals surface area contributed by atoms with E-state index in [-0.39, 0.29) is 23.4 Å². The SMILES string of the molecule is CN(C[C@@H]1CCN(C)[C@H]1c1cccnc1)C(=O)c1ccc(F)c(F)c1. The summed E-state index contributed by atoms with van der Waals surface area (Å²) in [6, 6.07) is 7.40. The highest BCUT2D eigenvalue weighted by Gasteiger charge is 2.34. The third kappa shape index (κ3) is 3.69. The largest absolute Gasteiger partial charge is 0.341 e. The summed E-state index contributed by atoms with van der Waals surface area (Å²) < 4.78 is 26.4.